The summed E-state index contributed by atoms with van der Waals surface area (Å²) in [4.78, 5) is 14.9. The molecular weight excluding hydrogens is 270 g/mol. The third-order valence-electron chi connectivity index (χ3n) is 3.29. The topological polar surface area (TPSA) is 29.5 Å². The van der Waals surface area contributed by atoms with Crippen molar-refractivity contribution >= 4 is 27.1 Å². The van der Waals surface area contributed by atoms with Crippen molar-refractivity contribution in [3.63, 3.8) is 0 Å². The van der Waals surface area contributed by atoms with Crippen LogP contribution in [0.15, 0.2) is 28.4 Å². The molecule has 20 heavy (non-hydrogen) atoms. The lowest BCUT2D eigenvalue weighted by atomic mass is 10.2. The Morgan fingerprint density at radius 3 is 2.50 bits per heavy atom. The zero-order valence-corrected chi connectivity index (χ0v) is 13.1. The van der Waals surface area contributed by atoms with E-state index < -0.39 is 0 Å². The van der Waals surface area contributed by atoms with E-state index in [4.69, 9.17) is 4.74 Å². The Labute approximate surface area is 123 Å². The lowest BCUT2D eigenvalue weighted by Gasteiger charge is -2.23. The van der Waals surface area contributed by atoms with Crippen LogP contribution < -0.4 is 15.1 Å². The molecule has 0 spiro atoms. The lowest BCUT2D eigenvalue weighted by Crippen LogP contribution is -2.29. The van der Waals surface area contributed by atoms with Crippen molar-refractivity contribution in [2.75, 3.05) is 25.1 Å². The summed E-state index contributed by atoms with van der Waals surface area (Å²) in [5, 5.41) is 2.74. The fourth-order valence-corrected chi connectivity index (χ4v) is 3.26. The Bertz CT molecular complexity index is 630. The predicted molar refractivity (Wildman–Crippen MR) is 87.4 cm³/mol. The number of rotatable bonds is 6. The number of hydrogen-bond donors (Lipinski definition) is 0. The average Bonchev–Trinajstić information content (AvgIpc) is 2.47. The lowest BCUT2D eigenvalue weighted by molar-refractivity contribution is 0.415. The molecule has 1 aromatic heterocycles. The van der Waals surface area contributed by atoms with Crippen LogP contribution in [0.2, 0.25) is 0 Å². The van der Waals surface area contributed by atoms with Gasteiger partial charge in [0.25, 0.3) is 0 Å². The number of benzene rings is 1. The quantitative estimate of drug-likeness (QED) is 0.808. The summed E-state index contributed by atoms with van der Waals surface area (Å²) >= 11 is 1.62. The summed E-state index contributed by atoms with van der Waals surface area (Å²) < 4.78 is 6.23. The van der Waals surface area contributed by atoms with Gasteiger partial charge >= 0.3 is 0 Å². The van der Waals surface area contributed by atoms with E-state index in [2.05, 4.69) is 18.7 Å². The van der Waals surface area contributed by atoms with E-state index in [0.717, 1.165) is 47.5 Å². The Kier molecular flexibility index (Phi) is 5.01. The van der Waals surface area contributed by atoms with Crippen molar-refractivity contribution in [1.82, 2.24) is 0 Å². The first-order chi connectivity index (χ1) is 9.71. The Balaban J connectivity index is 2.53. The van der Waals surface area contributed by atoms with Gasteiger partial charge in [0.2, 0.25) is 5.43 Å². The number of methoxy groups -OCH3 is 1. The molecule has 108 valence electrons. The molecule has 0 aliphatic rings. The number of hydrogen-bond acceptors (Lipinski definition) is 4. The van der Waals surface area contributed by atoms with Gasteiger partial charge in [-0.15, -0.1) is 11.3 Å². The highest BCUT2D eigenvalue weighted by atomic mass is 32.1. The van der Waals surface area contributed by atoms with Crippen LogP contribution in [0, 0.1) is 0 Å². The minimum Gasteiger partial charge on any atom is -0.497 e. The van der Waals surface area contributed by atoms with Crippen molar-refractivity contribution in [2.45, 2.75) is 26.7 Å². The van der Waals surface area contributed by atoms with E-state index in [1.165, 1.54) is 0 Å². The molecule has 2 aromatic rings. The Hall–Kier alpha value is -1.55. The van der Waals surface area contributed by atoms with Crippen molar-refractivity contribution < 1.29 is 4.74 Å². The van der Waals surface area contributed by atoms with Gasteiger partial charge < -0.3 is 9.64 Å². The van der Waals surface area contributed by atoms with E-state index in [9.17, 15) is 4.79 Å². The van der Waals surface area contributed by atoms with Crippen LogP contribution in [0.4, 0.5) is 5.69 Å². The molecule has 2 rings (SSSR count). The highest BCUT2D eigenvalue weighted by Crippen LogP contribution is 2.25. The van der Waals surface area contributed by atoms with Crippen LogP contribution in [0.5, 0.6) is 5.75 Å². The molecular formula is C16H21NO2S. The molecule has 0 radical (unpaired) electrons. The van der Waals surface area contributed by atoms with Crippen LogP contribution in [-0.2, 0) is 0 Å². The monoisotopic (exact) mass is 291 g/mol. The third-order valence-corrected chi connectivity index (χ3v) is 4.24. The minimum absolute atomic E-state index is 0.111. The van der Waals surface area contributed by atoms with Crippen molar-refractivity contribution in [3.05, 3.63) is 33.8 Å². The second kappa shape index (κ2) is 6.75. The number of fused-ring (bicyclic) bond motifs is 1. The SMILES string of the molecule is CCCN(CCC)c1csc2ccc(OC)cc2c1=O. The summed E-state index contributed by atoms with van der Waals surface area (Å²) in [6, 6.07) is 5.69. The van der Waals surface area contributed by atoms with Gasteiger partial charge in [0.1, 0.15) is 5.75 Å². The van der Waals surface area contributed by atoms with Crippen molar-refractivity contribution in [2.24, 2.45) is 0 Å². The maximum atomic E-state index is 12.7. The fraction of sp³-hybridized carbons (Fsp3) is 0.438. The maximum Gasteiger partial charge on any atom is 0.211 e. The summed E-state index contributed by atoms with van der Waals surface area (Å²) in [6.45, 7) is 6.12. The van der Waals surface area contributed by atoms with Crippen LogP contribution in [0.25, 0.3) is 10.1 Å². The first-order valence-corrected chi connectivity index (χ1v) is 7.93. The largest absolute Gasteiger partial charge is 0.497 e. The van der Waals surface area contributed by atoms with Crippen molar-refractivity contribution in [1.29, 1.82) is 0 Å². The molecule has 0 saturated carbocycles. The van der Waals surface area contributed by atoms with Gasteiger partial charge in [-0.05, 0) is 31.0 Å². The predicted octanol–water partition coefficient (Wildman–Crippen LogP) is 3.90. The number of nitrogens with zero attached hydrogens (tertiary/aromatic N) is 1. The van der Waals surface area contributed by atoms with Gasteiger partial charge in [-0.3, -0.25) is 4.79 Å². The molecule has 0 atom stereocenters. The van der Waals surface area contributed by atoms with E-state index in [-0.39, 0.29) is 5.43 Å². The highest BCUT2D eigenvalue weighted by Gasteiger charge is 2.12. The summed E-state index contributed by atoms with van der Waals surface area (Å²) in [6.07, 6.45) is 2.08. The molecule has 0 aliphatic carbocycles. The standard InChI is InChI=1S/C16H21NO2S/c1-4-8-17(9-5-2)14-11-20-15-7-6-12(19-3)10-13(15)16(14)18/h6-7,10-11H,4-5,8-9H2,1-3H3. The molecule has 0 saturated heterocycles. The molecule has 1 heterocycles. The van der Waals surface area contributed by atoms with Gasteiger partial charge in [0, 0.05) is 28.6 Å². The van der Waals surface area contributed by atoms with Gasteiger partial charge in [-0.1, -0.05) is 13.8 Å². The molecule has 0 unspecified atom stereocenters. The molecule has 3 nitrogen and oxygen atoms in total. The second-order valence-corrected chi connectivity index (χ2v) is 5.71. The summed E-state index contributed by atoms with van der Waals surface area (Å²) in [5.74, 6) is 0.733. The van der Waals surface area contributed by atoms with E-state index in [1.807, 2.05) is 23.6 Å². The number of ether oxygens (including phenoxy) is 1. The van der Waals surface area contributed by atoms with Gasteiger partial charge in [-0.25, -0.2) is 0 Å². The van der Waals surface area contributed by atoms with Crippen molar-refractivity contribution in [3.8, 4) is 5.75 Å². The first kappa shape index (κ1) is 14.9. The summed E-state index contributed by atoms with van der Waals surface area (Å²) in [7, 11) is 1.62. The van der Waals surface area contributed by atoms with Gasteiger partial charge in [0.15, 0.2) is 0 Å². The summed E-state index contributed by atoms with van der Waals surface area (Å²) in [5.41, 5.74) is 0.930. The zero-order chi connectivity index (χ0) is 14.5. The first-order valence-electron chi connectivity index (χ1n) is 7.05. The minimum atomic E-state index is 0.111. The van der Waals surface area contributed by atoms with E-state index in [1.54, 1.807) is 18.4 Å². The Morgan fingerprint density at radius 1 is 1.20 bits per heavy atom. The molecule has 1 aromatic carbocycles. The maximum absolute atomic E-state index is 12.7. The molecule has 0 fully saturated rings. The normalized spacial score (nSPS) is 10.8. The van der Waals surface area contributed by atoms with E-state index in [0.29, 0.717) is 0 Å². The van der Waals surface area contributed by atoms with Gasteiger partial charge in [-0.2, -0.15) is 0 Å². The Morgan fingerprint density at radius 2 is 1.90 bits per heavy atom. The molecule has 0 N–H and O–H groups in total. The van der Waals surface area contributed by atoms with Crippen LogP contribution in [-0.4, -0.2) is 20.2 Å². The second-order valence-electron chi connectivity index (χ2n) is 4.80. The number of anilines is 1. The smallest absolute Gasteiger partial charge is 0.211 e. The van der Waals surface area contributed by atoms with Crippen LogP contribution in [0.3, 0.4) is 0 Å². The molecule has 0 amide bonds. The van der Waals surface area contributed by atoms with Crippen LogP contribution >= 0.6 is 11.3 Å². The zero-order valence-electron chi connectivity index (χ0n) is 12.3. The van der Waals surface area contributed by atoms with Crippen LogP contribution in [0.1, 0.15) is 26.7 Å². The molecule has 0 bridgehead atoms. The third kappa shape index (κ3) is 2.96. The average molecular weight is 291 g/mol. The fourth-order valence-electron chi connectivity index (χ4n) is 2.34. The van der Waals surface area contributed by atoms with E-state index >= 15 is 0 Å². The highest BCUT2D eigenvalue weighted by molar-refractivity contribution is 7.16. The molecule has 0 aliphatic heterocycles. The molecule has 4 heteroatoms. The van der Waals surface area contributed by atoms with Gasteiger partial charge in [0.05, 0.1) is 12.8 Å².